The van der Waals surface area contributed by atoms with Crippen molar-refractivity contribution in [3.63, 3.8) is 0 Å². The molecule has 0 aliphatic rings. The van der Waals surface area contributed by atoms with Gasteiger partial charge in [-0.3, -0.25) is 4.79 Å². The summed E-state index contributed by atoms with van der Waals surface area (Å²) in [6.45, 7) is 1.99. The second kappa shape index (κ2) is 5.71. The van der Waals surface area contributed by atoms with Crippen LogP contribution in [0.4, 0.5) is 0 Å². The Labute approximate surface area is 97.8 Å². The molecule has 0 spiro atoms. The maximum absolute atomic E-state index is 10.3. The molecule has 3 heteroatoms. The van der Waals surface area contributed by atoms with Crippen LogP contribution in [0.3, 0.4) is 0 Å². The Morgan fingerprint density at radius 3 is 2.87 bits per heavy atom. The first-order chi connectivity index (χ1) is 7.09. The van der Waals surface area contributed by atoms with Crippen molar-refractivity contribution >= 4 is 27.5 Å². The zero-order chi connectivity index (χ0) is 11.3. The highest BCUT2D eigenvalue weighted by Gasteiger charge is 1.97. The lowest BCUT2D eigenvalue weighted by Crippen LogP contribution is -1.92. The van der Waals surface area contributed by atoms with Crippen molar-refractivity contribution < 1.29 is 9.90 Å². The minimum Gasteiger partial charge on any atom is -0.481 e. The second-order valence-electron chi connectivity index (χ2n) is 3.33. The molecule has 1 N–H and O–H groups in total. The fraction of sp³-hybridized carbons (Fsp3) is 0.250. The molecule has 0 radical (unpaired) electrons. The summed E-state index contributed by atoms with van der Waals surface area (Å²) in [7, 11) is 0. The highest BCUT2D eigenvalue weighted by atomic mass is 79.9. The van der Waals surface area contributed by atoms with E-state index < -0.39 is 5.97 Å². The van der Waals surface area contributed by atoms with E-state index in [1.807, 2.05) is 37.3 Å². The molecule has 1 aromatic carbocycles. The summed E-state index contributed by atoms with van der Waals surface area (Å²) in [4.78, 5) is 10.3. The van der Waals surface area contributed by atoms with Crippen LogP contribution in [0.1, 0.15) is 25.3 Å². The molecule has 80 valence electrons. The zero-order valence-corrected chi connectivity index (χ0v) is 10.1. The number of benzene rings is 1. The van der Waals surface area contributed by atoms with Crippen LogP contribution in [-0.4, -0.2) is 11.1 Å². The fourth-order valence-corrected chi connectivity index (χ4v) is 1.66. The predicted octanol–water partition coefficient (Wildman–Crippen LogP) is 3.72. The Kier molecular flexibility index (Phi) is 4.56. The molecule has 0 heterocycles. The minimum absolute atomic E-state index is 0.186. The molecule has 0 aliphatic carbocycles. The van der Waals surface area contributed by atoms with E-state index in [0.29, 0.717) is 6.42 Å². The van der Waals surface area contributed by atoms with E-state index >= 15 is 0 Å². The summed E-state index contributed by atoms with van der Waals surface area (Å²) < 4.78 is 1.03. The molecule has 2 nitrogen and oxygen atoms in total. The van der Waals surface area contributed by atoms with Gasteiger partial charge in [0, 0.05) is 10.9 Å². The van der Waals surface area contributed by atoms with Crippen LogP contribution in [-0.2, 0) is 4.79 Å². The van der Waals surface area contributed by atoms with Crippen LogP contribution in [0, 0.1) is 0 Å². The Morgan fingerprint density at radius 1 is 1.53 bits per heavy atom. The zero-order valence-electron chi connectivity index (χ0n) is 8.53. The van der Waals surface area contributed by atoms with E-state index in [-0.39, 0.29) is 6.42 Å². The molecule has 1 rings (SSSR count). The van der Waals surface area contributed by atoms with Crippen molar-refractivity contribution in [2.45, 2.75) is 19.8 Å². The molecule has 0 fully saturated rings. The molecule has 0 aromatic heterocycles. The number of allylic oxidation sites excluding steroid dienone is 2. The van der Waals surface area contributed by atoms with E-state index in [1.165, 1.54) is 0 Å². The number of halogens is 1. The highest BCUT2D eigenvalue weighted by molar-refractivity contribution is 9.10. The Bertz CT molecular complexity index is 383. The van der Waals surface area contributed by atoms with E-state index in [1.54, 1.807) is 0 Å². The maximum atomic E-state index is 10.3. The lowest BCUT2D eigenvalue weighted by atomic mass is 10.1. The fourth-order valence-electron chi connectivity index (χ4n) is 1.26. The van der Waals surface area contributed by atoms with Crippen molar-refractivity contribution in [1.29, 1.82) is 0 Å². The van der Waals surface area contributed by atoms with Gasteiger partial charge >= 0.3 is 5.97 Å². The van der Waals surface area contributed by atoms with Gasteiger partial charge in [0.05, 0.1) is 0 Å². The molecule has 0 saturated carbocycles. The SMILES string of the molecule is CC(=CCCC(=O)O)c1cccc(Br)c1. The lowest BCUT2D eigenvalue weighted by molar-refractivity contribution is -0.136. The largest absolute Gasteiger partial charge is 0.481 e. The van der Waals surface area contributed by atoms with E-state index in [0.717, 1.165) is 15.6 Å². The first-order valence-corrected chi connectivity index (χ1v) is 5.53. The average molecular weight is 269 g/mol. The van der Waals surface area contributed by atoms with Gasteiger partial charge in [-0.25, -0.2) is 0 Å². The van der Waals surface area contributed by atoms with Crippen LogP contribution < -0.4 is 0 Å². The van der Waals surface area contributed by atoms with Gasteiger partial charge in [-0.2, -0.15) is 0 Å². The number of hydrogen-bond acceptors (Lipinski definition) is 1. The Morgan fingerprint density at radius 2 is 2.27 bits per heavy atom. The molecular weight excluding hydrogens is 256 g/mol. The summed E-state index contributed by atoms with van der Waals surface area (Å²) in [5.41, 5.74) is 2.23. The molecule has 1 aromatic rings. The predicted molar refractivity (Wildman–Crippen MR) is 64.7 cm³/mol. The maximum Gasteiger partial charge on any atom is 0.303 e. The first kappa shape index (κ1) is 12.0. The van der Waals surface area contributed by atoms with Crippen molar-refractivity contribution in [3.8, 4) is 0 Å². The van der Waals surface area contributed by atoms with Crippen molar-refractivity contribution in [1.82, 2.24) is 0 Å². The number of carboxylic acid groups (broad SMARTS) is 1. The molecular formula is C12H13BrO2. The average Bonchev–Trinajstić information content (AvgIpc) is 2.17. The summed E-state index contributed by atoms with van der Waals surface area (Å²) in [5, 5.41) is 8.50. The third-order valence-electron chi connectivity index (χ3n) is 2.09. The molecule has 15 heavy (non-hydrogen) atoms. The third kappa shape index (κ3) is 4.30. The van der Waals surface area contributed by atoms with Crippen LogP contribution in [0.2, 0.25) is 0 Å². The Hall–Kier alpha value is -1.09. The van der Waals surface area contributed by atoms with Crippen molar-refractivity contribution in [2.24, 2.45) is 0 Å². The van der Waals surface area contributed by atoms with Crippen molar-refractivity contribution in [3.05, 3.63) is 40.4 Å². The van der Waals surface area contributed by atoms with E-state index in [2.05, 4.69) is 15.9 Å². The second-order valence-corrected chi connectivity index (χ2v) is 4.25. The Balaban J connectivity index is 2.67. The normalized spacial score (nSPS) is 11.5. The van der Waals surface area contributed by atoms with Gasteiger partial charge in [0.1, 0.15) is 0 Å². The molecule has 0 amide bonds. The number of rotatable bonds is 4. The van der Waals surface area contributed by atoms with Gasteiger partial charge in [-0.1, -0.05) is 34.1 Å². The number of aliphatic carboxylic acids is 1. The summed E-state index contributed by atoms with van der Waals surface area (Å²) in [6, 6.07) is 7.96. The molecule has 0 unspecified atom stereocenters. The van der Waals surface area contributed by atoms with Crippen LogP contribution in [0.15, 0.2) is 34.8 Å². The van der Waals surface area contributed by atoms with Crippen LogP contribution >= 0.6 is 15.9 Å². The van der Waals surface area contributed by atoms with Gasteiger partial charge in [0.15, 0.2) is 0 Å². The molecule has 0 saturated heterocycles. The van der Waals surface area contributed by atoms with Crippen LogP contribution in [0.25, 0.3) is 5.57 Å². The quantitative estimate of drug-likeness (QED) is 0.904. The van der Waals surface area contributed by atoms with E-state index in [4.69, 9.17) is 5.11 Å². The number of hydrogen-bond donors (Lipinski definition) is 1. The molecule has 0 aliphatic heterocycles. The third-order valence-corrected chi connectivity index (χ3v) is 2.58. The van der Waals surface area contributed by atoms with Crippen LogP contribution in [0.5, 0.6) is 0 Å². The molecule has 0 bridgehead atoms. The molecule has 0 atom stereocenters. The van der Waals surface area contributed by atoms with Crippen molar-refractivity contribution in [2.75, 3.05) is 0 Å². The number of carbonyl (C=O) groups is 1. The monoisotopic (exact) mass is 268 g/mol. The van der Waals surface area contributed by atoms with Gasteiger partial charge < -0.3 is 5.11 Å². The lowest BCUT2D eigenvalue weighted by Gasteiger charge is -2.01. The number of carboxylic acids is 1. The van der Waals surface area contributed by atoms with Gasteiger partial charge in [0.2, 0.25) is 0 Å². The summed E-state index contributed by atoms with van der Waals surface area (Å²) >= 11 is 3.40. The summed E-state index contributed by atoms with van der Waals surface area (Å²) in [5.74, 6) is -0.756. The van der Waals surface area contributed by atoms with Gasteiger partial charge in [-0.15, -0.1) is 0 Å². The van der Waals surface area contributed by atoms with Gasteiger partial charge in [-0.05, 0) is 36.6 Å². The highest BCUT2D eigenvalue weighted by Crippen LogP contribution is 2.19. The first-order valence-electron chi connectivity index (χ1n) is 4.74. The summed E-state index contributed by atoms with van der Waals surface area (Å²) in [6.07, 6.45) is 2.72. The minimum atomic E-state index is -0.756. The smallest absolute Gasteiger partial charge is 0.303 e. The van der Waals surface area contributed by atoms with E-state index in [9.17, 15) is 4.79 Å². The van der Waals surface area contributed by atoms with Gasteiger partial charge in [0.25, 0.3) is 0 Å². The standard InChI is InChI=1S/C12H13BrO2/c1-9(4-2-7-12(14)15)10-5-3-6-11(13)8-10/h3-6,8H,2,7H2,1H3,(H,14,15). The topological polar surface area (TPSA) is 37.3 Å².